The molecule has 0 saturated heterocycles. The molecule has 9 rings (SSSR count). The zero-order valence-corrected chi connectivity index (χ0v) is 40.3. The van der Waals surface area contributed by atoms with Crippen LogP contribution in [-0.4, -0.2) is 32.8 Å². The van der Waals surface area contributed by atoms with Gasteiger partial charge in [0.15, 0.2) is 0 Å². The van der Waals surface area contributed by atoms with Crippen molar-refractivity contribution in [3.8, 4) is 39.5 Å². The van der Waals surface area contributed by atoms with E-state index in [1.807, 2.05) is 81.6 Å². The van der Waals surface area contributed by atoms with Crippen molar-refractivity contribution >= 4 is 50.8 Å². The molecule has 0 spiro atoms. The number of nitrogens with zero attached hydrogens (tertiary/aromatic N) is 4. The van der Waals surface area contributed by atoms with E-state index in [0.717, 1.165) is 82.5 Å². The molecule has 0 aliphatic rings. The van der Waals surface area contributed by atoms with Crippen LogP contribution in [-0.2, 0) is 31.9 Å². The van der Waals surface area contributed by atoms with Gasteiger partial charge in [-0.15, -0.1) is 18.2 Å². The minimum atomic E-state index is -2.20. The van der Waals surface area contributed by atoms with Crippen LogP contribution in [0.5, 0.6) is 0 Å². The van der Waals surface area contributed by atoms with E-state index >= 15 is 0 Å². The summed E-state index contributed by atoms with van der Waals surface area (Å²) in [6.07, 6.45) is 0.562. The van der Waals surface area contributed by atoms with Crippen LogP contribution in [0.4, 0.5) is 0 Å². The van der Waals surface area contributed by atoms with Gasteiger partial charge in [-0.05, 0) is 47.7 Å². The fourth-order valence-electron chi connectivity index (χ4n) is 7.72. The molecule has 0 saturated carbocycles. The number of pyridine rings is 2. The van der Waals surface area contributed by atoms with Crippen LogP contribution in [0, 0.1) is 25.0 Å². The summed E-state index contributed by atoms with van der Waals surface area (Å²) in [5.74, 6) is 7.57. The van der Waals surface area contributed by atoms with E-state index < -0.39 is 19.6 Å². The first-order chi connectivity index (χ1) is 29.0. The van der Waals surface area contributed by atoms with Gasteiger partial charge in [0.1, 0.15) is 0 Å². The van der Waals surface area contributed by atoms with Crippen molar-refractivity contribution in [2.45, 2.75) is 70.6 Å². The third-order valence-electron chi connectivity index (χ3n) is 10.5. The first kappa shape index (κ1) is 40.3. The van der Waals surface area contributed by atoms with E-state index in [2.05, 4.69) is 138 Å². The van der Waals surface area contributed by atoms with E-state index in [1.54, 1.807) is 0 Å². The van der Waals surface area contributed by atoms with Gasteiger partial charge in [-0.25, -0.2) is 4.98 Å². The number of hydrogen-bond acceptors (Lipinski definition) is 4. The van der Waals surface area contributed by atoms with Crippen LogP contribution in [0.3, 0.4) is 0 Å². The van der Waals surface area contributed by atoms with Crippen LogP contribution in [0.15, 0.2) is 138 Å². The van der Waals surface area contributed by atoms with Crippen molar-refractivity contribution in [3.63, 3.8) is 0 Å². The summed E-state index contributed by atoms with van der Waals surface area (Å²) < 4.78 is 27.0. The predicted octanol–water partition coefficient (Wildman–Crippen LogP) is 13.3. The second kappa shape index (κ2) is 17.5. The summed E-state index contributed by atoms with van der Waals surface area (Å²) >= 11 is -2.20. The standard InChI is InChI=1S/C35H28N3O.C18H24GeN.Ir/c1-22-20-21-26-25-15-10-16-27(32(25)39-34(26)36-22)33-37-29-18-8-9-19-30(29)38(33)31-24(23-12-6-5-7-13-23)14-11-17-28(31)35(2,3)4;1-14(2)11-16-12-18(15-9-7-6-8-10-15)20-13-17(16)19(3,4)5;/h5-15,17-21H,1-4H3;6-9,12-14H,11H2,1-5H3;/q2*-1;/i;11D2;. The van der Waals surface area contributed by atoms with Crippen molar-refractivity contribution in [1.82, 2.24) is 19.5 Å². The minimum Gasteiger partial charge on any atom is 0 e. The van der Waals surface area contributed by atoms with Gasteiger partial charge >= 0.3 is 128 Å². The summed E-state index contributed by atoms with van der Waals surface area (Å²) in [5.41, 5.74) is 12.2. The third-order valence-corrected chi connectivity index (χ3v) is 14.7. The van der Waals surface area contributed by atoms with Crippen LogP contribution < -0.4 is 4.40 Å². The smallest absolute Gasteiger partial charge is 0 e. The first-order valence-electron chi connectivity index (χ1n) is 21.4. The molecule has 0 aliphatic heterocycles. The average Bonchev–Trinajstić information content (AvgIpc) is 3.81. The maximum Gasteiger partial charge on any atom is 0 e. The fourth-order valence-corrected chi connectivity index (χ4v) is 10.7. The van der Waals surface area contributed by atoms with Crippen molar-refractivity contribution in [3.05, 3.63) is 163 Å². The van der Waals surface area contributed by atoms with Gasteiger partial charge in [0.25, 0.3) is 0 Å². The molecule has 7 heteroatoms. The van der Waals surface area contributed by atoms with Gasteiger partial charge in [-0.3, -0.25) is 4.98 Å². The Labute approximate surface area is 373 Å². The quantitative estimate of drug-likeness (QED) is 0.118. The van der Waals surface area contributed by atoms with Gasteiger partial charge in [0, 0.05) is 36.7 Å². The van der Waals surface area contributed by atoms with E-state index in [9.17, 15) is 0 Å². The summed E-state index contributed by atoms with van der Waals surface area (Å²) in [7, 11) is 0. The second-order valence-electron chi connectivity index (χ2n) is 17.5. The number of fused-ring (bicyclic) bond motifs is 4. The number of para-hydroxylation sites is 3. The van der Waals surface area contributed by atoms with Gasteiger partial charge in [0.05, 0.1) is 28.1 Å². The molecule has 4 heterocycles. The number of furan rings is 1. The molecule has 0 unspecified atom stereocenters. The zero-order chi connectivity index (χ0) is 43.3. The Bertz CT molecular complexity index is 3020. The molecular weight excluding hydrogens is 973 g/mol. The van der Waals surface area contributed by atoms with Gasteiger partial charge in [-0.2, -0.15) is 0 Å². The SMILES string of the molecule is Cc1ccc2c(n1)oc1c(-c3nc4ccccc4n3-c3c(-c4ccccc4)cccc3C(C)(C)C)[c-]ccc12.[2H]C([2H])(c1cc(-c2[c-]cccc2)nc[c]1[Ge]([CH3])([CH3])[CH3])C(C)C.[Ir]. The summed E-state index contributed by atoms with van der Waals surface area (Å²) in [6, 6.07) is 49.9. The Balaban J connectivity index is 0.000000215. The molecule has 5 nitrogen and oxygen atoms in total. The van der Waals surface area contributed by atoms with Crippen LogP contribution in [0.1, 0.15) is 54.2 Å². The van der Waals surface area contributed by atoms with Crippen molar-refractivity contribution < 1.29 is 27.3 Å². The van der Waals surface area contributed by atoms with Gasteiger partial charge in [0.2, 0.25) is 5.71 Å². The Morgan fingerprint density at radius 1 is 0.800 bits per heavy atom. The van der Waals surface area contributed by atoms with E-state index in [-0.39, 0.29) is 31.4 Å². The van der Waals surface area contributed by atoms with Crippen molar-refractivity contribution in [2.24, 2.45) is 5.92 Å². The minimum absolute atomic E-state index is 0. The largest absolute Gasteiger partial charge is 0 e. The zero-order valence-electron chi connectivity index (χ0n) is 37.8. The summed E-state index contributed by atoms with van der Waals surface area (Å²) in [6.45, 7) is 12.6. The van der Waals surface area contributed by atoms with Gasteiger partial charge in [-0.1, -0.05) is 92.4 Å². The topological polar surface area (TPSA) is 56.7 Å². The maximum absolute atomic E-state index is 8.56. The number of rotatable bonds is 7. The summed E-state index contributed by atoms with van der Waals surface area (Å²) in [4.78, 5) is 14.5. The molecule has 0 amide bonds. The fraction of sp³-hybridized carbons (Fsp3) is 0.226. The molecule has 5 aromatic carbocycles. The Hall–Kier alpha value is -5.14. The summed E-state index contributed by atoms with van der Waals surface area (Å²) in [5, 5.41) is 2.01. The molecule has 305 valence electrons. The molecule has 0 aliphatic carbocycles. The Morgan fingerprint density at radius 2 is 1.55 bits per heavy atom. The normalized spacial score (nSPS) is 12.6. The third kappa shape index (κ3) is 8.70. The van der Waals surface area contributed by atoms with Gasteiger partial charge < -0.3 is 8.98 Å². The first-order valence-corrected chi connectivity index (χ1v) is 27.7. The van der Waals surface area contributed by atoms with Crippen LogP contribution >= 0.6 is 0 Å². The van der Waals surface area contributed by atoms with Crippen molar-refractivity contribution in [2.75, 3.05) is 0 Å². The number of benzene rings is 5. The van der Waals surface area contributed by atoms with E-state index in [4.69, 9.17) is 12.1 Å². The molecule has 9 aromatic rings. The molecular formula is C53H52GeIrN4O-2. The Morgan fingerprint density at radius 3 is 2.27 bits per heavy atom. The number of imidazole rings is 1. The average molecular weight is 1030 g/mol. The molecule has 4 aromatic heterocycles. The maximum atomic E-state index is 8.56. The molecule has 0 fully saturated rings. The second-order valence-corrected chi connectivity index (χ2v) is 28.1. The number of hydrogen-bond donors (Lipinski definition) is 0. The van der Waals surface area contributed by atoms with E-state index in [0.29, 0.717) is 5.71 Å². The molecule has 0 atom stereocenters. The van der Waals surface area contributed by atoms with E-state index in [1.165, 1.54) is 5.56 Å². The monoisotopic (exact) mass is 1030 g/mol. The number of aromatic nitrogens is 4. The van der Waals surface area contributed by atoms with Crippen molar-refractivity contribution in [1.29, 1.82) is 0 Å². The molecule has 0 N–H and O–H groups in total. The molecule has 1 radical (unpaired) electrons. The number of aryl methyl sites for hydroxylation is 1. The predicted molar refractivity (Wildman–Crippen MR) is 249 cm³/mol. The van der Waals surface area contributed by atoms with Crippen LogP contribution in [0.2, 0.25) is 17.3 Å². The Kier molecular flexibility index (Phi) is 11.7. The molecule has 0 bridgehead atoms. The van der Waals surface area contributed by atoms with Crippen LogP contribution in [0.25, 0.3) is 72.6 Å². The molecule has 60 heavy (non-hydrogen) atoms.